The number of unbranched alkanes of at least 4 members (excludes halogenated alkanes) is 3. The lowest BCUT2D eigenvalue weighted by Crippen LogP contribution is -2.46. The van der Waals surface area contributed by atoms with Gasteiger partial charge in [-0.2, -0.15) is 13.2 Å². The van der Waals surface area contributed by atoms with Gasteiger partial charge in [0.05, 0.1) is 38.3 Å². The fraction of sp³-hybridized carbons (Fsp3) is 0.623. The number of anilines is 1. The summed E-state index contributed by atoms with van der Waals surface area (Å²) in [6.07, 6.45) is 7.25. The van der Waals surface area contributed by atoms with Gasteiger partial charge in [0, 0.05) is 52.1 Å². The smallest absolute Gasteiger partial charge is 0.434 e. The van der Waals surface area contributed by atoms with Gasteiger partial charge in [0.15, 0.2) is 5.69 Å². The number of nitrogens with one attached hydrogen (secondary N) is 2. The number of phenolic OH excluding ortho intramolecular Hbond substituents is 1. The summed E-state index contributed by atoms with van der Waals surface area (Å²) in [5, 5.41) is 34.8. The molecular weight excluding hydrogens is 968 g/mol. The van der Waals surface area contributed by atoms with E-state index < -0.39 is 24.1 Å². The molecule has 3 unspecified atom stereocenters. The van der Waals surface area contributed by atoms with Crippen molar-refractivity contribution in [2.24, 2.45) is 11.7 Å². The number of primary amides is 1. The molecule has 2 aliphatic heterocycles. The van der Waals surface area contributed by atoms with Crippen molar-refractivity contribution in [1.82, 2.24) is 25.5 Å². The largest absolute Gasteiger partial charge is 0.508 e. The van der Waals surface area contributed by atoms with Gasteiger partial charge in [0.1, 0.15) is 41.6 Å². The molecule has 2 saturated heterocycles. The van der Waals surface area contributed by atoms with Crippen LogP contribution in [0.1, 0.15) is 119 Å². The Balaban J connectivity index is 0.000000656. The highest BCUT2D eigenvalue weighted by atomic mass is 19.4. The minimum atomic E-state index is -4.47. The van der Waals surface area contributed by atoms with E-state index in [1.165, 1.54) is 24.8 Å². The summed E-state index contributed by atoms with van der Waals surface area (Å²) in [4.78, 5) is 51.6. The number of nitrogens with zero attached hydrogens (tertiary/aromatic N) is 3. The van der Waals surface area contributed by atoms with E-state index in [1.54, 1.807) is 12.1 Å². The summed E-state index contributed by atoms with van der Waals surface area (Å²) in [5.74, 6) is 2.25. The number of nitrogens with two attached hydrogens (primary N) is 2. The second-order valence-corrected chi connectivity index (χ2v) is 17.6. The number of carbonyl (C=O) groups is 4. The number of aromatic hydroxyl groups is 1. The van der Waals surface area contributed by atoms with Crippen molar-refractivity contribution in [3.8, 4) is 17.2 Å². The van der Waals surface area contributed by atoms with Crippen LogP contribution in [0.3, 0.4) is 0 Å². The Labute approximate surface area is 435 Å². The average molecular weight is 1050 g/mol. The van der Waals surface area contributed by atoms with E-state index in [2.05, 4.69) is 52.3 Å². The van der Waals surface area contributed by atoms with Crippen LogP contribution >= 0.6 is 0 Å². The molecule has 0 saturated carbocycles. The van der Waals surface area contributed by atoms with Crippen LogP contribution in [-0.2, 0) is 46.0 Å². The monoisotopic (exact) mass is 1050 g/mol. The number of aldehydes is 1. The van der Waals surface area contributed by atoms with E-state index in [1.807, 2.05) is 38.8 Å². The highest BCUT2D eigenvalue weighted by Gasteiger charge is 2.33. The van der Waals surface area contributed by atoms with Gasteiger partial charge in [-0.25, -0.2) is 4.98 Å². The molecule has 2 aliphatic rings. The van der Waals surface area contributed by atoms with Gasteiger partial charge < -0.3 is 66.1 Å². The van der Waals surface area contributed by atoms with Crippen molar-refractivity contribution >= 4 is 30.3 Å². The first-order valence-corrected chi connectivity index (χ1v) is 25.6. The third-order valence-electron chi connectivity index (χ3n) is 11.7. The Morgan fingerprint density at radius 1 is 0.892 bits per heavy atom. The predicted octanol–water partition coefficient (Wildman–Crippen LogP) is 6.67. The maximum absolute atomic E-state index is 12.6. The fourth-order valence-electron chi connectivity index (χ4n) is 7.72. The third kappa shape index (κ3) is 28.3. The lowest BCUT2D eigenvalue weighted by Gasteiger charge is -2.32. The Morgan fingerprint density at radius 2 is 1.57 bits per heavy atom. The van der Waals surface area contributed by atoms with Crippen molar-refractivity contribution in [3.63, 3.8) is 0 Å². The molecule has 2 aromatic carbocycles. The topological polar surface area (TPSA) is 271 Å². The number of aliphatic hydroxyl groups excluding tert-OH is 2. The SMILES string of the molecule is CC.CNCCCCCCOCC1OCCC(O)C1O.Cc1cc(Oc2c(C)cc(CCC3CCN(C(=O)CCCC(=O)NCCOCCC=O)CC3)cc2C)ccc1O.NC=O.Nc1cncc(C(F)(F)F)n1. The molecule has 418 valence electrons. The Hall–Kier alpha value is -5.45. The summed E-state index contributed by atoms with van der Waals surface area (Å²) in [5.41, 5.74) is 12.3. The van der Waals surface area contributed by atoms with Crippen molar-refractivity contribution in [1.29, 1.82) is 0 Å². The number of ether oxygens (including phenoxy) is 4. The number of likely N-dealkylation sites (tertiary alicyclic amines) is 1. The highest BCUT2D eigenvalue weighted by molar-refractivity contribution is 5.79. The van der Waals surface area contributed by atoms with Gasteiger partial charge in [-0.15, -0.1) is 0 Å². The maximum Gasteiger partial charge on any atom is 0.434 e. The van der Waals surface area contributed by atoms with E-state index in [0.717, 1.165) is 86.7 Å². The number of halogens is 3. The van der Waals surface area contributed by atoms with Gasteiger partial charge >= 0.3 is 6.18 Å². The van der Waals surface area contributed by atoms with E-state index >= 15 is 0 Å². The minimum absolute atomic E-state index is 0.0778. The Morgan fingerprint density at radius 3 is 2.18 bits per heavy atom. The van der Waals surface area contributed by atoms with Gasteiger partial charge in [0.25, 0.3) is 0 Å². The van der Waals surface area contributed by atoms with Gasteiger partial charge in [-0.05, 0) is 132 Å². The summed E-state index contributed by atoms with van der Waals surface area (Å²) in [6, 6.07) is 9.68. The van der Waals surface area contributed by atoms with E-state index in [0.29, 0.717) is 89.5 Å². The van der Waals surface area contributed by atoms with Crippen LogP contribution in [0.4, 0.5) is 19.0 Å². The van der Waals surface area contributed by atoms with Crippen molar-refractivity contribution in [2.75, 3.05) is 72.0 Å². The first kappa shape index (κ1) is 66.6. The number of benzene rings is 2. The van der Waals surface area contributed by atoms with Crippen LogP contribution < -0.4 is 26.8 Å². The summed E-state index contributed by atoms with van der Waals surface area (Å²) in [6.45, 7) is 15.4. The molecule has 9 N–H and O–H groups in total. The number of hydrogen-bond donors (Lipinski definition) is 7. The van der Waals surface area contributed by atoms with Crippen LogP contribution in [0.25, 0.3) is 0 Å². The number of hydrogen-bond acceptors (Lipinski definition) is 15. The van der Waals surface area contributed by atoms with Gasteiger partial charge in [-0.3, -0.25) is 19.4 Å². The average Bonchev–Trinajstić information content (AvgIpc) is 3.37. The third-order valence-corrected chi connectivity index (χ3v) is 11.7. The minimum Gasteiger partial charge on any atom is -0.508 e. The Kier molecular flexibility index (Phi) is 35.1. The van der Waals surface area contributed by atoms with Crippen LogP contribution in [0.5, 0.6) is 17.2 Å². The molecule has 3 heterocycles. The molecule has 2 fully saturated rings. The quantitative estimate of drug-likeness (QED) is 0.0365. The lowest BCUT2D eigenvalue weighted by molar-refractivity contribution is -0.154. The summed E-state index contributed by atoms with van der Waals surface area (Å²) >= 11 is 0. The second kappa shape index (κ2) is 39.0. The Bertz CT molecular complexity index is 2000. The number of aryl methyl sites for hydroxylation is 4. The molecule has 74 heavy (non-hydrogen) atoms. The predicted molar refractivity (Wildman–Crippen MR) is 277 cm³/mol. The molecule has 5 rings (SSSR count). The molecule has 3 aromatic rings. The number of aliphatic hydroxyl groups is 2. The highest BCUT2D eigenvalue weighted by Crippen LogP contribution is 2.33. The second-order valence-electron chi connectivity index (χ2n) is 17.6. The number of piperidine rings is 1. The van der Waals surface area contributed by atoms with E-state index in [-0.39, 0.29) is 35.9 Å². The molecule has 3 atom stereocenters. The van der Waals surface area contributed by atoms with Crippen LogP contribution in [0, 0.1) is 26.7 Å². The lowest BCUT2D eigenvalue weighted by atomic mass is 9.89. The molecule has 0 bridgehead atoms. The first-order valence-electron chi connectivity index (χ1n) is 25.6. The van der Waals surface area contributed by atoms with Gasteiger partial charge in [0.2, 0.25) is 18.2 Å². The molecule has 21 heteroatoms. The molecular formula is C53H84F3N7O11. The van der Waals surface area contributed by atoms with Crippen LogP contribution in [-0.4, -0.2) is 139 Å². The van der Waals surface area contributed by atoms with Crippen molar-refractivity contribution < 1.29 is 66.6 Å². The maximum atomic E-state index is 12.6. The molecule has 0 radical (unpaired) electrons. The zero-order valence-electron chi connectivity index (χ0n) is 44.3. The van der Waals surface area contributed by atoms with Crippen molar-refractivity contribution in [2.45, 2.75) is 143 Å². The van der Waals surface area contributed by atoms with Gasteiger partial charge in [-0.1, -0.05) is 38.8 Å². The number of rotatable bonds is 24. The number of amides is 3. The van der Waals surface area contributed by atoms with Crippen LogP contribution in [0.2, 0.25) is 0 Å². The summed E-state index contributed by atoms with van der Waals surface area (Å²) in [7, 11) is 1.97. The molecule has 1 aromatic heterocycles. The van der Waals surface area contributed by atoms with Crippen LogP contribution in [0.15, 0.2) is 42.7 Å². The number of carbonyl (C=O) groups excluding carboxylic acids is 4. The molecule has 0 aliphatic carbocycles. The molecule has 3 amide bonds. The molecule has 18 nitrogen and oxygen atoms in total. The summed E-state index contributed by atoms with van der Waals surface area (Å²) < 4.78 is 57.7. The van der Waals surface area contributed by atoms with E-state index in [9.17, 15) is 42.9 Å². The number of nitrogen functional groups attached to an aromatic ring is 1. The fourth-order valence-corrected chi connectivity index (χ4v) is 7.72. The number of alkyl halides is 3. The van der Waals surface area contributed by atoms with Crippen molar-refractivity contribution in [3.05, 3.63) is 70.7 Å². The zero-order chi connectivity index (χ0) is 55.3. The first-order chi connectivity index (χ1) is 35.4. The normalized spacial score (nSPS) is 16.3. The number of aromatic nitrogens is 2. The number of phenols is 1. The molecule has 0 spiro atoms. The zero-order valence-corrected chi connectivity index (χ0v) is 44.3. The van der Waals surface area contributed by atoms with E-state index in [4.69, 9.17) is 29.5 Å². The standard InChI is InChI=1S/C32H44N2O6.C13H27NO4.C5H4F3N3.C2H6.CH3NO/c1-23-22-28(10-11-29(23)36)40-32-24(2)20-27(21-25(32)3)9-8-26-12-15-34(16-13-26)31(38)7-4-6-30(37)33-14-19-39-18-5-17-35;1-14-7-4-2-3-5-8-17-10-12-13(16)11(15)6-9-18-12;6-5(7,8)3-1-10-2-4(9)11-3;1-2;2-1-3/h10-11,17,20-22,26,36H,4-9,12-16,18-19H2,1-3H3,(H,33,37);11-16H,2-10H2,1H3;1-2H,(H2,9,11);1-2H3;1H,(H2,2,3).